The number of sulfonamides is 1. The highest BCUT2D eigenvalue weighted by atomic mass is 35.5. The summed E-state index contributed by atoms with van der Waals surface area (Å²) in [5.74, 6) is 0.0738. The number of aryl methyl sites for hydroxylation is 2. The summed E-state index contributed by atoms with van der Waals surface area (Å²) in [6.07, 6.45) is 1.45. The molecule has 0 spiro atoms. The molecule has 0 bridgehead atoms. The first kappa shape index (κ1) is 15.8. The molecule has 0 fully saturated rings. The molecule has 0 radical (unpaired) electrons. The van der Waals surface area contributed by atoms with E-state index in [9.17, 15) is 13.5 Å². The van der Waals surface area contributed by atoms with E-state index in [1.165, 1.54) is 12.3 Å². The van der Waals surface area contributed by atoms with Gasteiger partial charge in [0.15, 0.2) is 5.82 Å². The standard InChI is InChI=1S/C14H15ClN2O3S/c1-9-6-10(2)13(7-11(9)8-18)21(19,20)17-14-12(15)4-3-5-16-14/h3-7,18H,8H2,1-2H3,(H,16,17). The van der Waals surface area contributed by atoms with Crippen LogP contribution in [0.2, 0.25) is 5.02 Å². The van der Waals surface area contributed by atoms with E-state index < -0.39 is 10.0 Å². The fraction of sp³-hybridized carbons (Fsp3) is 0.214. The fourth-order valence-corrected chi connectivity index (χ4v) is 3.51. The van der Waals surface area contributed by atoms with E-state index in [4.69, 9.17) is 11.6 Å². The highest BCUT2D eigenvalue weighted by molar-refractivity contribution is 7.92. The summed E-state index contributed by atoms with van der Waals surface area (Å²) in [7, 11) is -3.82. The molecule has 7 heteroatoms. The number of hydrogen-bond donors (Lipinski definition) is 2. The second kappa shape index (κ2) is 6.01. The maximum Gasteiger partial charge on any atom is 0.263 e. The lowest BCUT2D eigenvalue weighted by Gasteiger charge is -2.13. The van der Waals surface area contributed by atoms with E-state index >= 15 is 0 Å². The summed E-state index contributed by atoms with van der Waals surface area (Å²) in [5.41, 5.74) is 1.99. The molecule has 0 atom stereocenters. The van der Waals surface area contributed by atoms with Crippen LogP contribution in [0, 0.1) is 13.8 Å². The van der Waals surface area contributed by atoms with Crippen LogP contribution in [0.25, 0.3) is 0 Å². The molecule has 1 aromatic carbocycles. The van der Waals surface area contributed by atoms with E-state index in [2.05, 4.69) is 9.71 Å². The number of nitrogens with one attached hydrogen (secondary N) is 1. The van der Waals surface area contributed by atoms with Crippen LogP contribution >= 0.6 is 11.6 Å². The van der Waals surface area contributed by atoms with Crippen molar-refractivity contribution in [2.24, 2.45) is 0 Å². The second-order valence-corrected chi connectivity index (χ2v) is 6.70. The summed E-state index contributed by atoms with van der Waals surface area (Å²) >= 11 is 5.91. The number of anilines is 1. The van der Waals surface area contributed by atoms with Gasteiger partial charge in [-0.3, -0.25) is 4.72 Å². The summed E-state index contributed by atoms with van der Waals surface area (Å²) in [6.45, 7) is 3.29. The molecule has 0 saturated carbocycles. The van der Waals surface area contributed by atoms with Crippen LogP contribution in [0.1, 0.15) is 16.7 Å². The van der Waals surface area contributed by atoms with Crippen LogP contribution in [-0.4, -0.2) is 18.5 Å². The Balaban J connectivity index is 2.47. The van der Waals surface area contributed by atoms with Gasteiger partial charge in [0.2, 0.25) is 0 Å². The third-order valence-electron chi connectivity index (χ3n) is 3.08. The molecule has 0 amide bonds. The average molecular weight is 327 g/mol. The van der Waals surface area contributed by atoms with Gasteiger partial charge in [0, 0.05) is 6.20 Å². The molecule has 0 aliphatic heterocycles. The van der Waals surface area contributed by atoms with Gasteiger partial charge in [-0.05, 0) is 48.7 Å². The van der Waals surface area contributed by atoms with Crippen molar-refractivity contribution in [3.05, 3.63) is 52.2 Å². The van der Waals surface area contributed by atoms with E-state index in [-0.39, 0.29) is 22.3 Å². The van der Waals surface area contributed by atoms with Crippen LogP contribution < -0.4 is 4.72 Å². The topological polar surface area (TPSA) is 79.3 Å². The predicted molar refractivity (Wildman–Crippen MR) is 81.9 cm³/mol. The molecule has 1 heterocycles. The Kier molecular flexibility index (Phi) is 4.51. The molecule has 112 valence electrons. The Morgan fingerprint density at radius 3 is 2.62 bits per heavy atom. The van der Waals surface area contributed by atoms with E-state index in [1.54, 1.807) is 25.1 Å². The smallest absolute Gasteiger partial charge is 0.263 e. The van der Waals surface area contributed by atoms with Gasteiger partial charge in [-0.15, -0.1) is 0 Å². The van der Waals surface area contributed by atoms with E-state index in [0.717, 1.165) is 5.56 Å². The number of aliphatic hydroxyl groups excluding tert-OH is 1. The number of aliphatic hydroxyl groups is 1. The monoisotopic (exact) mass is 326 g/mol. The van der Waals surface area contributed by atoms with Crippen molar-refractivity contribution in [3.8, 4) is 0 Å². The lowest BCUT2D eigenvalue weighted by molar-refractivity contribution is 0.280. The van der Waals surface area contributed by atoms with Gasteiger partial charge in [-0.2, -0.15) is 0 Å². The Hall–Kier alpha value is -1.63. The third-order valence-corrected chi connectivity index (χ3v) is 4.87. The van der Waals surface area contributed by atoms with E-state index in [0.29, 0.717) is 11.1 Å². The number of rotatable bonds is 4. The minimum absolute atomic E-state index is 0.0738. The zero-order valence-corrected chi connectivity index (χ0v) is 13.2. The lowest BCUT2D eigenvalue weighted by Crippen LogP contribution is -2.16. The first-order valence-electron chi connectivity index (χ1n) is 6.19. The molecular formula is C14H15ClN2O3S. The Labute approximate surface area is 128 Å². The minimum atomic E-state index is -3.82. The van der Waals surface area contributed by atoms with Crippen LogP contribution in [0.4, 0.5) is 5.82 Å². The largest absolute Gasteiger partial charge is 0.392 e. The van der Waals surface area contributed by atoms with Crippen LogP contribution in [0.5, 0.6) is 0 Å². The quantitative estimate of drug-likeness (QED) is 0.905. The first-order chi connectivity index (χ1) is 9.85. The van der Waals surface area contributed by atoms with Crippen LogP contribution in [-0.2, 0) is 16.6 Å². The minimum Gasteiger partial charge on any atom is -0.392 e. The van der Waals surface area contributed by atoms with Crippen molar-refractivity contribution < 1.29 is 13.5 Å². The van der Waals surface area contributed by atoms with Gasteiger partial charge in [-0.25, -0.2) is 13.4 Å². The molecule has 0 saturated heterocycles. The number of nitrogens with zero attached hydrogens (tertiary/aromatic N) is 1. The predicted octanol–water partition coefficient (Wildman–Crippen LogP) is 2.64. The Bertz CT molecular complexity index is 776. The van der Waals surface area contributed by atoms with Crippen molar-refractivity contribution in [3.63, 3.8) is 0 Å². The molecule has 0 aliphatic rings. The fourth-order valence-electron chi connectivity index (χ4n) is 1.98. The SMILES string of the molecule is Cc1cc(C)c(S(=O)(=O)Nc2ncccc2Cl)cc1CO. The van der Waals surface area contributed by atoms with E-state index in [1.807, 2.05) is 6.92 Å². The summed E-state index contributed by atoms with van der Waals surface area (Å²) in [4.78, 5) is 4.00. The molecular weight excluding hydrogens is 312 g/mol. The molecule has 1 aromatic heterocycles. The first-order valence-corrected chi connectivity index (χ1v) is 8.05. The Morgan fingerprint density at radius 2 is 2.00 bits per heavy atom. The molecule has 2 aromatic rings. The summed E-state index contributed by atoms with van der Waals surface area (Å²) in [5, 5.41) is 9.50. The number of halogens is 1. The molecule has 0 unspecified atom stereocenters. The summed E-state index contributed by atoms with van der Waals surface area (Å²) in [6, 6.07) is 6.35. The maximum absolute atomic E-state index is 12.5. The number of aromatic nitrogens is 1. The molecule has 21 heavy (non-hydrogen) atoms. The second-order valence-electron chi connectivity index (χ2n) is 4.64. The highest BCUT2D eigenvalue weighted by Gasteiger charge is 2.20. The number of pyridine rings is 1. The highest BCUT2D eigenvalue weighted by Crippen LogP contribution is 2.25. The molecule has 5 nitrogen and oxygen atoms in total. The van der Waals surface area contributed by atoms with Crippen LogP contribution in [0.3, 0.4) is 0 Å². The zero-order valence-electron chi connectivity index (χ0n) is 11.6. The number of hydrogen-bond acceptors (Lipinski definition) is 4. The van der Waals surface area contributed by atoms with Crippen molar-refractivity contribution in [1.82, 2.24) is 4.98 Å². The Morgan fingerprint density at radius 1 is 1.29 bits per heavy atom. The molecule has 2 rings (SSSR count). The van der Waals surface area contributed by atoms with Crippen molar-refractivity contribution in [2.75, 3.05) is 4.72 Å². The van der Waals surface area contributed by atoms with Crippen molar-refractivity contribution in [1.29, 1.82) is 0 Å². The van der Waals surface area contributed by atoms with Gasteiger partial charge in [0.05, 0.1) is 16.5 Å². The average Bonchev–Trinajstić information content (AvgIpc) is 2.41. The van der Waals surface area contributed by atoms with Crippen LogP contribution in [0.15, 0.2) is 35.4 Å². The normalized spacial score (nSPS) is 11.4. The lowest BCUT2D eigenvalue weighted by atomic mass is 10.1. The molecule has 0 aliphatic carbocycles. The molecule has 2 N–H and O–H groups in total. The van der Waals surface area contributed by atoms with Gasteiger partial charge in [0.25, 0.3) is 10.0 Å². The third kappa shape index (κ3) is 3.34. The van der Waals surface area contributed by atoms with Gasteiger partial charge < -0.3 is 5.11 Å². The van der Waals surface area contributed by atoms with Gasteiger partial charge in [0.1, 0.15) is 0 Å². The maximum atomic E-state index is 12.5. The summed E-state index contributed by atoms with van der Waals surface area (Å²) < 4.78 is 27.3. The van der Waals surface area contributed by atoms with Gasteiger partial charge >= 0.3 is 0 Å². The number of benzene rings is 1. The van der Waals surface area contributed by atoms with Crippen molar-refractivity contribution >= 4 is 27.4 Å². The van der Waals surface area contributed by atoms with Gasteiger partial charge in [-0.1, -0.05) is 17.7 Å². The zero-order chi connectivity index (χ0) is 15.6. The van der Waals surface area contributed by atoms with Crippen molar-refractivity contribution in [2.45, 2.75) is 25.3 Å².